The Balaban J connectivity index is 0.00000372. The van der Waals surface area contributed by atoms with E-state index in [1.807, 2.05) is 61.6 Å². The van der Waals surface area contributed by atoms with Gasteiger partial charge in [0.2, 0.25) is 0 Å². The molecule has 13 atom stereocenters. The van der Waals surface area contributed by atoms with Gasteiger partial charge >= 0.3 is 5.97 Å². The Morgan fingerprint density at radius 1 is 0.940 bits per heavy atom. The Hall–Kier alpha value is -1.43. The number of ether oxygens (including phenoxy) is 5. The summed E-state index contributed by atoms with van der Waals surface area (Å²) in [4.78, 5) is 19.3. The standard InChI is InChI=1S/C32H59NO10S.C4H6.C2H6/c1-13-23-32(9,37)27(34)20(4)25(33-40-17-44-12)18(2)14-30(7,38-10)15-19(3)26(21(5)29(36)42-23)43-24-16-31(8,39-11)28(35)22(6)41-24;1-3-4-2;1-2/h18-24,26-28,34-35,37H,13-17H2,1-12H3;1-2H3;1-2H3/b33-25+;;/t18-,19-,20+,21-,22?,23-,24+,26+,27?,28+,30-,31-,32-;;/m1../s1. The molecular formula is C38H71NO10S. The third-order valence-corrected chi connectivity index (χ3v) is 10.5. The van der Waals surface area contributed by atoms with E-state index in [4.69, 9.17) is 28.5 Å². The Labute approximate surface area is 307 Å². The molecule has 2 fully saturated rings. The lowest BCUT2D eigenvalue weighted by molar-refractivity contribution is -0.296. The lowest BCUT2D eigenvalue weighted by Crippen LogP contribution is -2.58. The van der Waals surface area contributed by atoms with E-state index in [9.17, 15) is 20.1 Å². The van der Waals surface area contributed by atoms with Crippen LogP contribution in [0, 0.1) is 35.5 Å². The van der Waals surface area contributed by atoms with Gasteiger partial charge < -0.3 is 43.8 Å². The number of thioether (sulfide) groups is 1. The number of oxime groups is 1. The molecule has 2 saturated heterocycles. The average molecular weight is 734 g/mol. The first-order valence-electron chi connectivity index (χ1n) is 18.0. The average Bonchev–Trinajstić information content (AvgIpc) is 3.09. The van der Waals surface area contributed by atoms with Gasteiger partial charge in [-0.2, -0.15) is 0 Å². The molecule has 2 aliphatic heterocycles. The number of aliphatic hydroxyl groups excluding tert-OH is 2. The van der Waals surface area contributed by atoms with E-state index in [1.54, 1.807) is 41.9 Å². The van der Waals surface area contributed by atoms with Crippen LogP contribution in [0.3, 0.4) is 0 Å². The highest BCUT2D eigenvalue weighted by atomic mass is 32.2. The van der Waals surface area contributed by atoms with Crippen LogP contribution in [0.4, 0.5) is 0 Å². The first-order chi connectivity index (χ1) is 23.3. The number of carbonyl (C=O) groups excluding carboxylic acids is 1. The fourth-order valence-electron chi connectivity index (χ4n) is 6.95. The summed E-state index contributed by atoms with van der Waals surface area (Å²) in [5.41, 5.74) is -2.78. The minimum absolute atomic E-state index is 0.191. The molecule has 0 spiro atoms. The molecule has 2 aliphatic rings. The Bertz CT molecular complexity index is 1070. The predicted octanol–water partition coefficient (Wildman–Crippen LogP) is 6.20. The van der Waals surface area contributed by atoms with Crippen molar-refractivity contribution in [2.24, 2.45) is 28.8 Å². The van der Waals surface area contributed by atoms with Crippen molar-refractivity contribution in [2.45, 2.75) is 169 Å². The van der Waals surface area contributed by atoms with E-state index >= 15 is 0 Å². The molecule has 11 nitrogen and oxygen atoms in total. The molecule has 0 bridgehead atoms. The van der Waals surface area contributed by atoms with Crippen LogP contribution in [0.15, 0.2) is 5.16 Å². The van der Waals surface area contributed by atoms with Crippen LogP contribution in [0.5, 0.6) is 0 Å². The summed E-state index contributed by atoms with van der Waals surface area (Å²) >= 11 is 1.48. The van der Waals surface area contributed by atoms with Gasteiger partial charge in [0.25, 0.3) is 0 Å². The van der Waals surface area contributed by atoms with E-state index in [-0.39, 0.29) is 24.7 Å². The number of hydrogen-bond acceptors (Lipinski definition) is 12. The fraction of sp³-hybridized carbons (Fsp3) is 0.895. The number of hydrogen-bond donors (Lipinski definition) is 3. The Morgan fingerprint density at radius 2 is 1.52 bits per heavy atom. The smallest absolute Gasteiger partial charge is 0.311 e. The second kappa shape index (κ2) is 22.6. The third kappa shape index (κ3) is 13.2. The molecule has 12 heteroatoms. The summed E-state index contributed by atoms with van der Waals surface area (Å²) in [5, 5.41) is 38.4. The minimum atomic E-state index is -1.79. The number of rotatable bonds is 8. The third-order valence-electron chi connectivity index (χ3n) is 10.1. The summed E-state index contributed by atoms with van der Waals surface area (Å²) in [6, 6.07) is 0. The molecule has 2 unspecified atom stereocenters. The highest BCUT2D eigenvalue weighted by molar-refractivity contribution is 7.98. The molecule has 2 heterocycles. The lowest BCUT2D eigenvalue weighted by Gasteiger charge is -2.46. The molecule has 0 amide bonds. The molecule has 0 radical (unpaired) electrons. The number of aliphatic hydroxyl groups is 3. The fourth-order valence-corrected chi connectivity index (χ4v) is 7.10. The summed E-state index contributed by atoms with van der Waals surface area (Å²) in [5.74, 6) is 3.36. The minimum Gasteiger partial charge on any atom is -0.459 e. The van der Waals surface area contributed by atoms with Gasteiger partial charge in [-0.25, -0.2) is 0 Å². The Morgan fingerprint density at radius 3 is 2.00 bits per heavy atom. The van der Waals surface area contributed by atoms with Crippen LogP contribution in [0.25, 0.3) is 0 Å². The first kappa shape index (κ1) is 48.6. The zero-order valence-corrected chi connectivity index (χ0v) is 34.7. The van der Waals surface area contributed by atoms with Gasteiger partial charge in [-0.1, -0.05) is 46.7 Å². The van der Waals surface area contributed by atoms with E-state index in [2.05, 4.69) is 17.0 Å². The van der Waals surface area contributed by atoms with Gasteiger partial charge in [0, 0.05) is 32.5 Å². The first-order valence-corrected chi connectivity index (χ1v) is 19.4. The van der Waals surface area contributed by atoms with Crippen LogP contribution in [-0.4, -0.2) is 107 Å². The van der Waals surface area contributed by atoms with Gasteiger partial charge in [-0.15, -0.1) is 23.6 Å². The van der Waals surface area contributed by atoms with Crippen molar-refractivity contribution in [3.63, 3.8) is 0 Å². The zero-order valence-electron chi connectivity index (χ0n) is 33.9. The van der Waals surface area contributed by atoms with Crippen molar-refractivity contribution >= 4 is 23.4 Å². The molecule has 0 saturated carbocycles. The van der Waals surface area contributed by atoms with Crippen molar-refractivity contribution in [2.75, 3.05) is 26.4 Å². The largest absolute Gasteiger partial charge is 0.459 e. The maximum atomic E-state index is 13.8. The molecule has 0 aromatic heterocycles. The highest BCUT2D eigenvalue weighted by Crippen LogP contribution is 2.39. The summed E-state index contributed by atoms with van der Waals surface area (Å²) in [7, 11) is 3.20. The molecule has 50 heavy (non-hydrogen) atoms. The topological polar surface area (TPSA) is 146 Å². The van der Waals surface area contributed by atoms with E-state index in [1.165, 1.54) is 18.7 Å². The summed E-state index contributed by atoms with van der Waals surface area (Å²) < 4.78 is 30.4. The lowest BCUT2D eigenvalue weighted by atomic mass is 9.75. The van der Waals surface area contributed by atoms with E-state index in [0.717, 1.165) is 0 Å². The molecule has 3 N–H and O–H groups in total. The van der Waals surface area contributed by atoms with Crippen molar-refractivity contribution in [1.82, 2.24) is 0 Å². The molecule has 0 aliphatic carbocycles. The van der Waals surface area contributed by atoms with E-state index < -0.39 is 71.4 Å². The van der Waals surface area contributed by atoms with Crippen molar-refractivity contribution < 1.29 is 48.6 Å². The Kier molecular flexibility index (Phi) is 22.0. The number of nitrogens with zero attached hydrogens (tertiary/aromatic N) is 1. The van der Waals surface area contributed by atoms with Crippen molar-refractivity contribution in [3.8, 4) is 11.8 Å². The van der Waals surface area contributed by atoms with Gasteiger partial charge in [-0.05, 0) is 79.9 Å². The number of cyclic esters (lactones) is 1. The van der Waals surface area contributed by atoms with Gasteiger partial charge in [0.05, 0.1) is 41.1 Å². The van der Waals surface area contributed by atoms with Crippen LogP contribution in [0.1, 0.15) is 116 Å². The highest BCUT2D eigenvalue weighted by Gasteiger charge is 2.50. The number of esters is 1. The van der Waals surface area contributed by atoms with Gasteiger partial charge in [-0.3, -0.25) is 4.79 Å². The van der Waals surface area contributed by atoms with Crippen molar-refractivity contribution in [3.05, 3.63) is 0 Å². The summed E-state index contributed by atoms with van der Waals surface area (Å²) in [6.07, 6.45) is -1.68. The number of methoxy groups -OCH3 is 2. The van der Waals surface area contributed by atoms with Gasteiger partial charge in [0.15, 0.2) is 12.2 Å². The maximum absolute atomic E-state index is 13.8. The second-order valence-corrected chi connectivity index (χ2v) is 14.9. The normalized spacial score (nSPS) is 40.8. The van der Waals surface area contributed by atoms with Crippen LogP contribution in [-0.2, 0) is 33.3 Å². The maximum Gasteiger partial charge on any atom is 0.311 e. The summed E-state index contributed by atoms with van der Waals surface area (Å²) in [6.45, 7) is 24.1. The molecule has 0 aromatic carbocycles. The van der Waals surface area contributed by atoms with Crippen LogP contribution in [0.2, 0.25) is 0 Å². The zero-order chi connectivity index (χ0) is 39.0. The molecule has 0 aromatic rings. The van der Waals surface area contributed by atoms with Crippen molar-refractivity contribution in [1.29, 1.82) is 0 Å². The quantitative estimate of drug-likeness (QED) is 0.0863. The second-order valence-electron chi connectivity index (χ2n) is 14.1. The van der Waals surface area contributed by atoms with E-state index in [0.29, 0.717) is 24.5 Å². The predicted molar refractivity (Wildman–Crippen MR) is 201 cm³/mol. The SMILES string of the molecule is CC.CC#CC.CC[C@H]1OC(=O)[C@H](C)[C@@H](O[C@H]2C[C@@](C)(OC)[C@@H](O)C(C)O2)[C@H](C)C[C@](C)(OC)C[C@@H](C)/C(=N\OCSC)[C@H](C)C(O)[C@]1(C)O. The van der Waals surface area contributed by atoms with Crippen LogP contribution >= 0.6 is 11.8 Å². The number of carbonyl (C=O) groups is 1. The van der Waals surface area contributed by atoms with Crippen LogP contribution < -0.4 is 0 Å². The molecular weight excluding hydrogens is 662 g/mol. The molecule has 2 rings (SSSR count). The monoisotopic (exact) mass is 733 g/mol. The van der Waals surface area contributed by atoms with Gasteiger partial charge in [0.1, 0.15) is 17.8 Å². The molecule has 294 valence electrons.